The lowest BCUT2D eigenvalue weighted by molar-refractivity contribution is -0.137. The first-order valence-electron chi connectivity index (χ1n) is 8.55. The van der Waals surface area contributed by atoms with Crippen molar-refractivity contribution in [3.05, 3.63) is 76.3 Å². The molecule has 0 aliphatic rings. The van der Waals surface area contributed by atoms with Gasteiger partial charge in [0.15, 0.2) is 5.13 Å². The first-order chi connectivity index (χ1) is 14.1. The molecule has 0 bridgehead atoms. The van der Waals surface area contributed by atoms with Crippen LogP contribution in [0, 0.1) is 6.92 Å². The van der Waals surface area contributed by atoms with Crippen LogP contribution in [0.25, 0.3) is 0 Å². The van der Waals surface area contributed by atoms with E-state index in [1.807, 2.05) is 0 Å². The van der Waals surface area contributed by atoms with Gasteiger partial charge in [-0.3, -0.25) is 9.52 Å². The fourth-order valence-corrected chi connectivity index (χ4v) is 4.74. The van der Waals surface area contributed by atoms with Crippen LogP contribution < -0.4 is 10.0 Å². The molecule has 2 N–H and O–H groups in total. The number of carbonyl (C=O) groups excluding carboxylic acids is 1. The van der Waals surface area contributed by atoms with Gasteiger partial charge in [0.2, 0.25) is 0 Å². The summed E-state index contributed by atoms with van der Waals surface area (Å²) in [5.74, 6) is -0.484. The van der Waals surface area contributed by atoms with Crippen LogP contribution in [0.1, 0.15) is 26.4 Å². The zero-order valence-corrected chi connectivity index (χ0v) is 17.2. The van der Waals surface area contributed by atoms with Gasteiger partial charge in [-0.15, -0.1) is 11.3 Å². The van der Waals surface area contributed by atoms with Crippen LogP contribution in [0.5, 0.6) is 0 Å². The third-order valence-corrected chi connectivity index (χ3v) is 6.38. The van der Waals surface area contributed by atoms with E-state index in [-0.39, 0.29) is 17.2 Å². The fourth-order valence-electron chi connectivity index (χ4n) is 2.57. The summed E-state index contributed by atoms with van der Waals surface area (Å²) >= 11 is 1.05. The highest BCUT2D eigenvalue weighted by molar-refractivity contribution is 7.93. The summed E-state index contributed by atoms with van der Waals surface area (Å²) < 4.78 is 67.3. The highest BCUT2D eigenvalue weighted by Gasteiger charge is 2.33. The Morgan fingerprint density at radius 1 is 1.13 bits per heavy atom. The molecule has 0 saturated carbocycles. The lowest BCUT2D eigenvalue weighted by Crippen LogP contribution is -2.25. The number of sulfonamides is 1. The molecule has 3 aromatic rings. The maximum atomic E-state index is 13.2. The second kappa shape index (κ2) is 8.44. The molecule has 30 heavy (non-hydrogen) atoms. The van der Waals surface area contributed by atoms with Crippen molar-refractivity contribution in [3.63, 3.8) is 0 Å². The van der Waals surface area contributed by atoms with Crippen molar-refractivity contribution in [2.24, 2.45) is 0 Å². The van der Waals surface area contributed by atoms with Gasteiger partial charge in [-0.2, -0.15) is 13.2 Å². The highest BCUT2D eigenvalue weighted by Crippen LogP contribution is 2.33. The van der Waals surface area contributed by atoms with Gasteiger partial charge >= 0.3 is 6.18 Å². The molecule has 2 aromatic carbocycles. The van der Waals surface area contributed by atoms with E-state index in [2.05, 4.69) is 15.0 Å². The summed E-state index contributed by atoms with van der Waals surface area (Å²) in [6.07, 6.45) is -3.29. The van der Waals surface area contributed by atoms with Gasteiger partial charge in [-0.1, -0.05) is 24.3 Å². The second-order valence-electron chi connectivity index (χ2n) is 6.25. The fraction of sp³-hybridized carbons (Fsp3) is 0.158. The minimum Gasteiger partial charge on any atom is -0.348 e. The van der Waals surface area contributed by atoms with E-state index in [9.17, 15) is 26.4 Å². The Morgan fingerprint density at radius 2 is 1.83 bits per heavy atom. The maximum Gasteiger partial charge on any atom is 0.416 e. The Morgan fingerprint density at radius 3 is 2.43 bits per heavy atom. The molecule has 0 aliphatic heterocycles. The van der Waals surface area contributed by atoms with E-state index < -0.39 is 32.6 Å². The molecule has 1 heterocycles. The molecule has 0 spiro atoms. The Hall–Kier alpha value is -2.92. The van der Waals surface area contributed by atoms with E-state index in [0.29, 0.717) is 11.6 Å². The van der Waals surface area contributed by atoms with Crippen LogP contribution >= 0.6 is 11.3 Å². The summed E-state index contributed by atoms with van der Waals surface area (Å²) in [7, 11) is -4.38. The second-order valence-corrected chi connectivity index (χ2v) is 9.14. The smallest absolute Gasteiger partial charge is 0.348 e. The summed E-state index contributed by atoms with van der Waals surface area (Å²) in [6.45, 7) is 1.43. The van der Waals surface area contributed by atoms with E-state index in [4.69, 9.17) is 0 Å². The van der Waals surface area contributed by atoms with Gasteiger partial charge in [0.25, 0.3) is 15.9 Å². The van der Waals surface area contributed by atoms with Crippen molar-refractivity contribution < 1.29 is 26.4 Å². The molecule has 158 valence electrons. The van der Waals surface area contributed by atoms with E-state index in [1.54, 1.807) is 37.3 Å². The molecule has 0 fully saturated rings. The molecule has 0 atom stereocenters. The van der Waals surface area contributed by atoms with Crippen molar-refractivity contribution in [1.82, 2.24) is 10.3 Å². The van der Waals surface area contributed by atoms with Crippen LogP contribution in [0.4, 0.5) is 18.3 Å². The predicted octanol–water partition coefficient (Wildman–Crippen LogP) is 4.20. The topological polar surface area (TPSA) is 88.2 Å². The number of hydrogen-bond donors (Lipinski definition) is 2. The van der Waals surface area contributed by atoms with Crippen LogP contribution in [-0.2, 0) is 22.7 Å². The minimum atomic E-state index is -4.73. The summed E-state index contributed by atoms with van der Waals surface area (Å²) in [4.78, 5) is 16.3. The average molecular weight is 455 g/mol. The largest absolute Gasteiger partial charge is 0.416 e. The van der Waals surface area contributed by atoms with Gasteiger partial charge < -0.3 is 5.32 Å². The van der Waals surface area contributed by atoms with Crippen molar-refractivity contribution in [3.8, 4) is 0 Å². The Kier molecular flexibility index (Phi) is 6.13. The maximum absolute atomic E-state index is 13.2. The molecule has 0 saturated heterocycles. The SMILES string of the molecule is Cc1cnc(NS(=O)(=O)c2cc(C(F)(F)F)ccc2CNC(=O)c2ccccc2)s1. The number of amides is 1. The van der Waals surface area contributed by atoms with E-state index in [1.165, 1.54) is 6.20 Å². The number of aromatic nitrogens is 1. The zero-order chi connectivity index (χ0) is 21.9. The molecule has 0 unspecified atom stereocenters. The van der Waals surface area contributed by atoms with Gasteiger partial charge in [0, 0.05) is 23.2 Å². The molecule has 6 nitrogen and oxygen atoms in total. The minimum absolute atomic E-state index is 0.00746. The number of alkyl halides is 3. The predicted molar refractivity (Wildman–Crippen MR) is 107 cm³/mol. The first-order valence-corrected chi connectivity index (χ1v) is 10.8. The first kappa shape index (κ1) is 21.8. The number of hydrogen-bond acceptors (Lipinski definition) is 5. The number of aryl methyl sites for hydroxylation is 1. The quantitative estimate of drug-likeness (QED) is 0.583. The number of halogens is 3. The molecular formula is C19H16F3N3O3S2. The average Bonchev–Trinajstić information content (AvgIpc) is 3.09. The van der Waals surface area contributed by atoms with Crippen molar-refractivity contribution in [2.75, 3.05) is 4.72 Å². The Bertz CT molecular complexity index is 1160. The number of nitrogens with one attached hydrogen (secondary N) is 2. The van der Waals surface area contributed by atoms with Crippen LogP contribution in [-0.4, -0.2) is 19.3 Å². The van der Waals surface area contributed by atoms with Gasteiger partial charge in [-0.25, -0.2) is 13.4 Å². The molecule has 0 radical (unpaired) electrons. The molecule has 3 rings (SSSR count). The highest BCUT2D eigenvalue weighted by atomic mass is 32.2. The van der Waals surface area contributed by atoms with Crippen molar-refractivity contribution in [2.45, 2.75) is 24.5 Å². The Balaban J connectivity index is 1.93. The monoisotopic (exact) mass is 455 g/mol. The lowest BCUT2D eigenvalue weighted by Gasteiger charge is -2.15. The van der Waals surface area contributed by atoms with Gasteiger partial charge in [0.05, 0.1) is 10.5 Å². The molecular weight excluding hydrogens is 439 g/mol. The number of anilines is 1. The number of thiazole rings is 1. The van der Waals surface area contributed by atoms with Gasteiger partial charge in [0.1, 0.15) is 0 Å². The van der Waals surface area contributed by atoms with Crippen LogP contribution in [0.2, 0.25) is 0 Å². The Labute approximate surface area is 174 Å². The normalized spacial score (nSPS) is 11.9. The third kappa shape index (κ3) is 5.16. The summed E-state index contributed by atoms with van der Waals surface area (Å²) in [6, 6.07) is 10.5. The summed E-state index contributed by atoms with van der Waals surface area (Å²) in [5, 5.41) is 2.56. The third-order valence-electron chi connectivity index (χ3n) is 4.00. The van der Waals surface area contributed by atoms with E-state index in [0.717, 1.165) is 28.3 Å². The number of carbonyl (C=O) groups is 1. The number of benzene rings is 2. The molecule has 1 amide bonds. The van der Waals surface area contributed by atoms with Crippen LogP contribution in [0.3, 0.4) is 0 Å². The molecule has 0 aliphatic carbocycles. The summed E-state index contributed by atoms with van der Waals surface area (Å²) in [5.41, 5.74) is -0.769. The molecule has 1 aromatic heterocycles. The standard InChI is InChI=1S/C19H16F3N3O3S2/c1-12-10-24-18(29-12)25-30(27,28)16-9-15(19(20,21)22)8-7-14(16)11-23-17(26)13-5-3-2-4-6-13/h2-10H,11H2,1H3,(H,23,26)(H,24,25). The molecule has 11 heteroatoms. The lowest BCUT2D eigenvalue weighted by atomic mass is 10.1. The van der Waals surface area contributed by atoms with Crippen molar-refractivity contribution >= 4 is 32.4 Å². The van der Waals surface area contributed by atoms with E-state index >= 15 is 0 Å². The van der Waals surface area contributed by atoms with Gasteiger partial charge in [-0.05, 0) is 36.8 Å². The number of nitrogens with zero attached hydrogens (tertiary/aromatic N) is 1. The number of rotatable bonds is 6. The van der Waals surface area contributed by atoms with Crippen LogP contribution in [0.15, 0.2) is 59.6 Å². The van der Waals surface area contributed by atoms with Crippen molar-refractivity contribution in [1.29, 1.82) is 0 Å². The zero-order valence-electron chi connectivity index (χ0n) is 15.5.